The van der Waals surface area contributed by atoms with Gasteiger partial charge in [-0.05, 0) is 55.5 Å². The Balaban J connectivity index is 2.19. The van der Waals surface area contributed by atoms with Crippen LogP contribution in [0.5, 0.6) is 5.75 Å². The van der Waals surface area contributed by atoms with Crippen LogP contribution in [0.2, 0.25) is 5.02 Å². The maximum atomic E-state index is 6.23. The van der Waals surface area contributed by atoms with Crippen LogP contribution in [0, 0.1) is 5.92 Å². The maximum Gasteiger partial charge on any atom is 0.137 e. The Bertz CT molecular complexity index is 392. The van der Waals surface area contributed by atoms with E-state index in [-0.39, 0.29) is 0 Å². The molecule has 2 unspecified atom stereocenters. The Hall–Kier alpha value is -0.730. The van der Waals surface area contributed by atoms with Gasteiger partial charge in [0.1, 0.15) is 5.75 Å². The summed E-state index contributed by atoms with van der Waals surface area (Å²) in [6.07, 6.45) is 3.72. The van der Waals surface area contributed by atoms with Crippen molar-refractivity contribution >= 4 is 11.6 Å². The summed E-state index contributed by atoms with van der Waals surface area (Å²) >= 11 is 6.23. The van der Waals surface area contributed by atoms with Gasteiger partial charge in [0.25, 0.3) is 0 Å². The van der Waals surface area contributed by atoms with Gasteiger partial charge in [-0.2, -0.15) is 0 Å². The van der Waals surface area contributed by atoms with Gasteiger partial charge in [0.05, 0.1) is 12.1 Å². The molecule has 1 aliphatic rings. The van der Waals surface area contributed by atoms with E-state index >= 15 is 0 Å². The number of ether oxygens (including phenoxy) is 1. The van der Waals surface area contributed by atoms with Gasteiger partial charge in [-0.15, -0.1) is 0 Å². The molecule has 1 heterocycles. The van der Waals surface area contributed by atoms with Crippen LogP contribution < -0.4 is 10.1 Å². The fourth-order valence-electron chi connectivity index (χ4n) is 2.95. The highest BCUT2D eigenvalue weighted by atomic mass is 35.5. The SMILES string of the molecule is CCCC1CNCCC1c1ccc(OC)c(Cl)c1. The zero-order chi connectivity index (χ0) is 13.0. The second-order valence-electron chi connectivity index (χ2n) is 5.04. The number of methoxy groups -OCH3 is 1. The Kier molecular flexibility index (Phi) is 4.90. The molecule has 1 saturated heterocycles. The van der Waals surface area contributed by atoms with Crippen molar-refractivity contribution in [3.05, 3.63) is 28.8 Å². The summed E-state index contributed by atoms with van der Waals surface area (Å²) < 4.78 is 5.22. The quantitative estimate of drug-likeness (QED) is 0.895. The number of nitrogens with one attached hydrogen (secondary N) is 1. The fourth-order valence-corrected chi connectivity index (χ4v) is 3.22. The zero-order valence-electron chi connectivity index (χ0n) is 11.2. The van der Waals surface area contributed by atoms with Gasteiger partial charge in [0.15, 0.2) is 0 Å². The molecular formula is C15H22ClNO. The highest BCUT2D eigenvalue weighted by Gasteiger charge is 2.25. The number of hydrogen-bond donors (Lipinski definition) is 1. The number of piperidine rings is 1. The minimum Gasteiger partial charge on any atom is -0.495 e. The average Bonchev–Trinajstić information content (AvgIpc) is 2.40. The van der Waals surface area contributed by atoms with Gasteiger partial charge < -0.3 is 10.1 Å². The van der Waals surface area contributed by atoms with Gasteiger partial charge in [0.2, 0.25) is 0 Å². The van der Waals surface area contributed by atoms with Gasteiger partial charge in [0, 0.05) is 0 Å². The summed E-state index contributed by atoms with van der Waals surface area (Å²) in [6, 6.07) is 6.24. The molecule has 0 amide bonds. The van der Waals surface area contributed by atoms with Crippen molar-refractivity contribution in [2.24, 2.45) is 5.92 Å². The third-order valence-corrected chi connectivity index (χ3v) is 4.17. The van der Waals surface area contributed by atoms with Crippen molar-refractivity contribution in [1.29, 1.82) is 0 Å². The average molecular weight is 268 g/mol. The molecule has 0 radical (unpaired) electrons. The molecule has 1 fully saturated rings. The maximum absolute atomic E-state index is 6.23. The van der Waals surface area contributed by atoms with E-state index in [2.05, 4.69) is 24.4 Å². The predicted molar refractivity (Wildman–Crippen MR) is 76.6 cm³/mol. The van der Waals surface area contributed by atoms with Crippen LogP contribution >= 0.6 is 11.6 Å². The van der Waals surface area contributed by atoms with Crippen LogP contribution in [0.4, 0.5) is 0 Å². The van der Waals surface area contributed by atoms with Gasteiger partial charge in [-0.25, -0.2) is 0 Å². The number of rotatable bonds is 4. The van der Waals surface area contributed by atoms with E-state index in [4.69, 9.17) is 16.3 Å². The lowest BCUT2D eigenvalue weighted by atomic mass is 9.79. The first-order chi connectivity index (χ1) is 8.76. The standard InChI is InChI=1S/C15H22ClNO/c1-3-4-12-10-17-8-7-13(12)11-5-6-15(18-2)14(16)9-11/h5-6,9,12-13,17H,3-4,7-8,10H2,1-2H3. The Morgan fingerprint density at radius 2 is 2.28 bits per heavy atom. The van der Waals surface area contributed by atoms with E-state index in [0.717, 1.165) is 29.8 Å². The molecule has 100 valence electrons. The Morgan fingerprint density at radius 1 is 1.44 bits per heavy atom. The van der Waals surface area contributed by atoms with Gasteiger partial charge >= 0.3 is 0 Å². The van der Waals surface area contributed by atoms with E-state index < -0.39 is 0 Å². The van der Waals surface area contributed by atoms with Crippen molar-refractivity contribution in [3.63, 3.8) is 0 Å². The molecule has 1 aromatic carbocycles. The lowest BCUT2D eigenvalue weighted by Gasteiger charge is -2.32. The monoisotopic (exact) mass is 267 g/mol. The van der Waals surface area contributed by atoms with E-state index in [9.17, 15) is 0 Å². The smallest absolute Gasteiger partial charge is 0.137 e. The van der Waals surface area contributed by atoms with E-state index in [1.807, 2.05) is 6.07 Å². The molecule has 1 aliphatic heterocycles. The van der Waals surface area contributed by atoms with E-state index in [0.29, 0.717) is 5.92 Å². The lowest BCUT2D eigenvalue weighted by molar-refractivity contribution is 0.306. The van der Waals surface area contributed by atoms with Crippen LogP contribution in [0.3, 0.4) is 0 Å². The van der Waals surface area contributed by atoms with Crippen LogP contribution in [0.1, 0.15) is 37.7 Å². The van der Waals surface area contributed by atoms with Crippen LogP contribution in [-0.4, -0.2) is 20.2 Å². The third-order valence-electron chi connectivity index (χ3n) is 3.87. The summed E-state index contributed by atoms with van der Waals surface area (Å²) in [6.45, 7) is 4.49. The minimum atomic E-state index is 0.634. The van der Waals surface area contributed by atoms with Crippen molar-refractivity contribution in [2.75, 3.05) is 20.2 Å². The third kappa shape index (κ3) is 2.99. The predicted octanol–water partition coefficient (Wildman–Crippen LogP) is 3.84. The summed E-state index contributed by atoms with van der Waals surface area (Å²) in [5, 5.41) is 4.22. The second-order valence-corrected chi connectivity index (χ2v) is 5.45. The lowest BCUT2D eigenvalue weighted by Crippen LogP contribution is -2.35. The molecule has 1 aromatic rings. The molecule has 3 heteroatoms. The first kappa shape index (κ1) is 13.7. The van der Waals surface area contributed by atoms with Crippen molar-refractivity contribution in [2.45, 2.75) is 32.1 Å². The summed E-state index contributed by atoms with van der Waals surface area (Å²) in [4.78, 5) is 0. The summed E-state index contributed by atoms with van der Waals surface area (Å²) in [7, 11) is 1.66. The topological polar surface area (TPSA) is 21.3 Å². The molecule has 2 atom stereocenters. The second kappa shape index (κ2) is 6.44. The fraction of sp³-hybridized carbons (Fsp3) is 0.600. The highest BCUT2D eigenvalue weighted by Crippen LogP contribution is 2.36. The molecule has 0 saturated carbocycles. The van der Waals surface area contributed by atoms with Gasteiger partial charge in [-0.1, -0.05) is 31.0 Å². The minimum absolute atomic E-state index is 0.634. The molecule has 0 bridgehead atoms. The molecule has 18 heavy (non-hydrogen) atoms. The molecule has 0 aliphatic carbocycles. The van der Waals surface area contributed by atoms with E-state index in [1.54, 1.807) is 7.11 Å². The van der Waals surface area contributed by atoms with Crippen LogP contribution in [0.25, 0.3) is 0 Å². The largest absolute Gasteiger partial charge is 0.495 e. The highest BCUT2D eigenvalue weighted by molar-refractivity contribution is 6.32. The van der Waals surface area contributed by atoms with E-state index in [1.165, 1.54) is 24.8 Å². The molecule has 0 spiro atoms. The first-order valence-corrected chi connectivity index (χ1v) is 7.18. The first-order valence-electron chi connectivity index (χ1n) is 6.80. The normalized spacial score (nSPS) is 23.9. The summed E-state index contributed by atoms with van der Waals surface area (Å²) in [5.74, 6) is 2.13. The zero-order valence-corrected chi connectivity index (χ0v) is 12.0. The molecule has 2 nitrogen and oxygen atoms in total. The molecule has 2 rings (SSSR count). The number of halogens is 1. The molecular weight excluding hydrogens is 246 g/mol. The van der Waals surface area contributed by atoms with Crippen LogP contribution in [-0.2, 0) is 0 Å². The van der Waals surface area contributed by atoms with Crippen molar-refractivity contribution in [1.82, 2.24) is 5.32 Å². The molecule has 1 N–H and O–H groups in total. The Labute approximate surface area is 115 Å². The van der Waals surface area contributed by atoms with Crippen molar-refractivity contribution < 1.29 is 4.74 Å². The number of benzene rings is 1. The van der Waals surface area contributed by atoms with Crippen molar-refractivity contribution in [3.8, 4) is 5.75 Å². The summed E-state index contributed by atoms with van der Waals surface area (Å²) in [5.41, 5.74) is 1.36. The number of hydrogen-bond acceptors (Lipinski definition) is 2. The molecule has 0 aromatic heterocycles. The van der Waals surface area contributed by atoms with Gasteiger partial charge in [-0.3, -0.25) is 0 Å². The van der Waals surface area contributed by atoms with Crippen LogP contribution in [0.15, 0.2) is 18.2 Å². The Morgan fingerprint density at radius 3 is 2.94 bits per heavy atom.